The molecule has 0 saturated heterocycles. The van der Waals surface area contributed by atoms with Gasteiger partial charge in [-0.05, 0) is 48.9 Å². The summed E-state index contributed by atoms with van der Waals surface area (Å²) in [6, 6.07) is 2.56. The van der Waals surface area contributed by atoms with Gasteiger partial charge in [0.15, 0.2) is 0 Å². The molecule has 0 aromatic carbocycles. The molecule has 1 rings (SSSR count). The number of rotatable bonds is 8. The van der Waals surface area contributed by atoms with Gasteiger partial charge in [0.1, 0.15) is 0 Å². The first-order valence-electron chi connectivity index (χ1n) is 7.19. The van der Waals surface area contributed by atoms with Gasteiger partial charge in [-0.3, -0.25) is 4.90 Å². The molecule has 0 aliphatic heterocycles. The highest BCUT2D eigenvalue weighted by atomic mass is 79.9. The summed E-state index contributed by atoms with van der Waals surface area (Å²) in [5.74, 6) is 0.649. The molecule has 0 bridgehead atoms. The normalized spacial score (nSPS) is 13.7. The third kappa shape index (κ3) is 5.45. The fraction of sp³-hybridized carbons (Fsp3) is 0.733. The molecule has 0 amide bonds. The standard InChI is InChI=1S/C15H28BrN3S/c1-11(2)10-19(7-6-18(4)5)14(9-17)15-8-13(16)12(3)20-15/h8,11,14H,6-7,9-10,17H2,1-5H3. The second kappa shape index (κ2) is 8.49. The first-order valence-corrected chi connectivity index (χ1v) is 8.80. The Morgan fingerprint density at radius 3 is 2.35 bits per heavy atom. The monoisotopic (exact) mass is 361 g/mol. The highest BCUT2D eigenvalue weighted by Crippen LogP contribution is 2.33. The topological polar surface area (TPSA) is 32.5 Å². The lowest BCUT2D eigenvalue weighted by molar-refractivity contribution is 0.166. The highest BCUT2D eigenvalue weighted by Gasteiger charge is 2.22. The minimum Gasteiger partial charge on any atom is -0.329 e. The Hall–Kier alpha value is 0.0600. The van der Waals surface area contributed by atoms with Gasteiger partial charge in [0.25, 0.3) is 0 Å². The second-order valence-electron chi connectivity index (χ2n) is 6.00. The van der Waals surface area contributed by atoms with Gasteiger partial charge < -0.3 is 10.6 Å². The van der Waals surface area contributed by atoms with E-state index in [0.29, 0.717) is 18.5 Å². The fourth-order valence-corrected chi connectivity index (χ4v) is 3.97. The summed E-state index contributed by atoms with van der Waals surface area (Å²) < 4.78 is 1.20. The lowest BCUT2D eigenvalue weighted by Gasteiger charge is -2.32. The predicted octanol–water partition coefficient (Wildman–Crippen LogP) is 3.34. The molecule has 2 N–H and O–H groups in total. The highest BCUT2D eigenvalue weighted by molar-refractivity contribution is 9.10. The minimum absolute atomic E-state index is 0.326. The molecule has 1 heterocycles. The molecular formula is C15H28BrN3S. The van der Waals surface area contributed by atoms with Crippen LogP contribution >= 0.6 is 27.3 Å². The molecular weight excluding hydrogens is 334 g/mol. The summed E-state index contributed by atoms with van der Waals surface area (Å²) in [6.45, 7) is 10.6. The molecule has 0 aliphatic carbocycles. The molecule has 0 radical (unpaired) electrons. The van der Waals surface area contributed by atoms with Crippen LogP contribution in [-0.2, 0) is 0 Å². The third-order valence-electron chi connectivity index (χ3n) is 3.30. The Bertz CT molecular complexity index is 384. The zero-order chi connectivity index (χ0) is 15.3. The second-order valence-corrected chi connectivity index (χ2v) is 8.14. The van der Waals surface area contributed by atoms with Crippen LogP contribution in [0, 0.1) is 12.8 Å². The first kappa shape index (κ1) is 18.1. The Balaban J connectivity index is 2.88. The number of nitrogens with two attached hydrogens (primary N) is 1. The van der Waals surface area contributed by atoms with Crippen LogP contribution in [-0.4, -0.2) is 50.1 Å². The summed E-state index contributed by atoms with van der Waals surface area (Å²) in [5, 5.41) is 0. The van der Waals surface area contributed by atoms with E-state index in [4.69, 9.17) is 5.73 Å². The Labute approximate surface area is 136 Å². The Morgan fingerprint density at radius 2 is 1.95 bits per heavy atom. The lowest BCUT2D eigenvalue weighted by Crippen LogP contribution is -2.40. The predicted molar refractivity (Wildman–Crippen MR) is 93.5 cm³/mol. The van der Waals surface area contributed by atoms with Gasteiger partial charge in [-0.15, -0.1) is 11.3 Å². The van der Waals surface area contributed by atoms with E-state index < -0.39 is 0 Å². The molecule has 1 aromatic heterocycles. The van der Waals surface area contributed by atoms with Crippen LogP contribution in [0.25, 0.3) is 0 Å². The first-order chi connectivity index (χ1) is 9.35. The largest absolute Gasteiger partial charge is 0.329 e. The number of hydrogen-bond donors (Lipinski definition) is 1. The summed E-state index contributed by atoms with van der Waals surface area (Å²) in [5.41, 5.74) is 6.08. The SMILES string of the molecule is Cc1sc(C(CN)N(CCN(C)C)CC(C)C)cc1Br. The van der Waals surface area contributed by atoms with E-state index in [2.05, 4.69) is 66.7 Å². The van der Waals surface area contributed by atoms with Crippen molar-refractivity contribution in [2.75, 3.05) is 40.3 Å². The van der Waals surface area contributed by atoms with Crippen molar-refractivity contribution in [3.8, 4) is 0 Å². The molecule has 0 aliphatic rings. The molecule has 3 nitrogen and oxygen atoms in total. The average molecular weight is 362 g/mol. The summed E-state index contributed by atoms with van der Waals surface area (Å²) in [4.78, 5) is 7.46. The summed E-state index contributed by atoms with van der Waals surface area (Å²) in [7, 11) is 4.24. The van der Waals surface area contributed by atoms with E-state index in [1.54, 1.807) is 0 Å². The van der Waals surface area contributed by atoms with Gasteiger partial charge in [0, 0.05) is 40.4 Å². The number of thiophene rings is 1. The van der Waals surface area contributed by atoms with E-state index in [9.17, 15) is 0 Å². The van der Waals surface area contributed by atoms with Crippen LogP contribution < -0.4 is 5.73 Å². The maximum atomic E-state index is 6.08. The number of halogens is 1. The van der Waals surface area contributed by atoms with Crippen LogP contribution in [0.5, 0.6) is 0 Å². The summed E-state index contributed by atoms with van der Waals surface area (Å²) in [6.07, 6.45) is 0. The zero-order valence-electron chi connectivity index (χ0n) is 13.3. The molecule has 0 fully saturated rings. The molecule has 1 atom stereocenters. The maximum Gasteiger partial charge on any atom is 0.0565 e. The van der Waals surface area contributed by atoms with E-state index in [0.717, 1.165) is 19.6 Å². The number of hydrogen-bond acceptors (Lipinski definition) is 4. The average Bonchev–Trinajstić information content (AvgIpc) is 2.66. The van der Waals surface area contributed by atoms with Crippen molar-refractivity contribution in [3.63, 3.8) is 0 Å². The van der Waals surface area contributed by atoms with Crippen molar-refractivity contribution in [2.24, 2.45) is 11.7 Å². The lowest BCUT2D eigenvalue weighted by atomic mass is 10.1. The van der Waals surface area contributed by atoms with Crippen molar-refractivity contribution in [3.05, 3.63) is 20.3 Å². The van der Waals surface area contributed by atoms with Crippen molar-refractivity contribution in [1.82, 2.24) is 9.80 Å². The Morgan fingerprint density at radius 1 is 1.30 bits per heavy atom. The number of aryl methyl sites for hydroxylation is 1. The van der Waals surface area contributed by atoms with E-state index >= 15 is 0 Å². The molecule has 0 spiro atoms. The molecule has 0 saturated carbocycles. The van der Waals surface area contributed by atoms with Crippen molar-refractivity contribution in [1.29, 1.82) is 0 Å². The molecule has 116 valence electrons. The maximum absolute atomic E-state index is 6.08. The fourth-order valence-electron chi connectivity index (χ4n) is 2.26. The summed E-state index contributed by atoms with van der Waals surface area (Å²) >= 11 is 5.47. The van der Waals surface area contributed by atoms with Crippen LogP contribution in [0.2, 0.25) is 0 Å². The van der Waals surface area contributed by atoms with Gasteiger partial charge in [0.05, 0.1) is 6.04 Å². The van der Waals surface area contributed by atoms with E-state index in [-0.39, 0.29) is 0 Å². The Kier molecular flexibility index (Phi) is 7.69. The van der Waals surface area contributed by atoms with E-state index in [1.807, 2.05) is 11.3 Å². The zero-order valence-corrected chi connectivity index (χ0v) is 15.7. The van der Waals surface area contributed by atoms with Crippen LogP contribution in [0.15, 0.2) is 10.5 Å². The minimum atomic E-state index is 0.326. The van der Waals surface area contributed by atoms with Gasteiger partial charge in [-0.1, -0.05) is 13.8 Å². The van der Waals surface area contributed by atoms with Crippen molar-refractivity contribution in [2.45, 2.75) is 26.8 Å². The van der Waals surface area contributed by atoms with Gasteiger partial charge >= 0.3 is 0 Å². The van der Waals surface area contributed by atoms with Crippen LogP contribution in [0.4, 0.5) is 0 Å². The molecule has 1 unspecified atom stereocenters. The van der Waals surface area contributed by atoms with Crippen molar-refractivity contribution < 1.29 is 0 Å². The smallest absolute Gasteiger partial charge is 0.0565 e. The van der Waals surface area contributed by atoms with Crippen LogP contribution in [0.1, 0.15) is 29.6 Å². The number of likely N-dealkylation sites (N-methyl/N-ethyl adjacent to an activating group) is 1. The third-order valence-corrected chi connectivity index (χ3v) is 5.54. The van der Waals surface area contributed by atoms with Gasteiger partial charge in [0.2, 0.25) is 0 Å². The van der Waals surface area contributed by atoms with Gasteiger partial charge in [-0.25, -0.2) is 0 Å². The molecule has 1 aromatic rings. The number of nitrogens with zero attached hydrogens (tertiary/aromatic N) is 2. The quantitative estimate of drug-likeness (QED) is 0.770. The molecule has 20 heavy (non-hydrogen) atoms. The van der Waals surface area contributed by atoms with E-state index in [1.165, 1.54) is 14.2 Å². The molecule has 5 heteroatoms. The van der Waals surface area contributed by atoms with Gasteiger partial charge in [-0.2, -0.15) is 0 Å². The van der Waals surface area contributed by atoms with Crippen LogP contribution in [0.3, 0.4) is 0 Å². The van der Waals surface area contributed by atoms with Crippen molar-refractivity contribution >= 4 is 27.3 Å².